The molecule has 0 radical (unpaired) electrons. The SMILES string of the molecule is CC(NC1COc2ccccc21)c1cc(F)c(Cl)cc1Cl. The highest BCUT2D eigenvalue weighted by Crippen LogP contribution is 2.35. The van der Waals surface area contributed by atoms with Crippen molar-refractivity contribution in [2.75, 3.05) is 6.61 Å². The fraction of sp³-hybridized carbons (Fsp3) is 0.250. The van der Waals surface area contributed by atoms with Crippen molar-refractivity contribution in [2.24, 2.45) is 0 Å². The maximum absolute atomic E-state index is 13.6. The van der Waals surface area contributed by atoms with E-state index in [2.05, 4.69) is 5.32 Å². The molecule has 0 spiro atoms. The minimum Gasteiger partial charge on any atom is -0.491 e. The molecule has 5 heteroatoms. The molecule has 0 amide bonds. The van der Waals surface area contributed by atoms with E-state index >= 15 is 0 Å². The maximum atomic E-state index is 13.6. The lowest BCUT2D eigenvalue weighted by molar-refractivity contribution is 0.301. The molecule has 0 saturated heterocycles. The van der Waals surface area contributed by atoms with E-state index in [1.807, 2.05) is 31.2 Å². The highest BCUT2D eigenvalue weighted by atomic mass is 35.5. The molecule has 0 saturated carbocycles. The molecule has 0 aromatic heterocycles. The van der Waals surface area contributed by atoms with Crippen LogP contribution in [0.5, 0.6) is 5.75 Å². The van der Waals surface area contributed by atoms with Crippen LogP contribution in [-0.4, -0.2) is 6.61 Å². The van der Waals surface area contributed by atoms with Crippen LogP contribution in [0.25, 0.3) is 0 Å². The highest BCUT2D eigenvalue weighted by Gasteiger charge is 2.26. The Morgan fingerprint density at radius 3 is 2.81 bits per heavy atom. The number of hydrogen-bond acceptors (Lipinski definition) is 2. The summed E-state index contributed by atoms with van der Waals surface area (Å²) in [4.78, 5) is 0. The Hall–Kier alpha value is -1.29. The number of nitrogens with one attached hydrogen (secondary N) is 1. The van der Waals surface area contributed by atoms with Crippen LogP contribution in [0.3, 0.4) is 0 Å². The molecule has 2 nitrogen and oxygen atoms in total. The first kappa shape index (κ1) is 14.6. The molecule has 2 aromatic rings. The van der Waals surface area contributed by atoms with E-state index in [0.717, 1.165) is 11.3 Å². The van der Waals surface area contributed by atoms with Gasteiger partial charge >= 0.3 is 0 Å². The summed E-state index contributed by atoms with van der Waals surface area (Å²) in [6.45, 7) is 2.49. The summed E-state index contributed by atoms with van der Waals surface area (Å²) in [5.41, 5.74) is 1.79. The first-order valence-corrected chi connectivity index (χ1v) is 7.44. The van der Waals surface area contributed by atoms with Crippen molar-refractivity contribution in [1.82, 2.24) is 5.32 Å². The molecule has 21 heavy (non-hydrogen) atoms. The summed E-state index contributed by atoms with van der Waals surface area (Å²) in [7, 11) is 0. The van der Waals surface area contributed by atoms with Gasteiger partial charge in [0.25, 0.3) is 0 Å². The monoisotopic (exact) mass is 325 g/mol. The zero-order valence-corrected chi connectivity index (χ0v) is 12.9. The third-order valence-electron chi connectivity index (χ3n) is 3.66. The van der Waals surface area contributed by atoms with Crippen LogP contribution in [0.2, 0.25) is 10.0 Å². The molecule has 1 aliphatic rings. The zero-order valence-electron chi connectivity index (χ0n) is 11.4. The third-order valence-corrected chi connectivity index (χ3v) is 4.27. The topological polar surface area (TPSA) is 21.3 Å². The van der Waals surface area contributed by atoms with Crippen molar-refractivity contribution in [3.05, 3.63) is 63.4 Å². The van der Waals surface area contributed by atoms with Gasteiger partial charge in [0, 0.05) is 16.6 Å². The van der Waals surface area contributed by atoms with Crippen molar-refractivity contribution < 1.29 is 9.13 Å². The van der Waals surface area contributed by atoms with E-state index in [-0.39, 0.29) is 17.1 Å². The number of rotatable bonds is 3. The summed E-state index contributed by atoms with van der Waals surface area (Å²) < 4.78 is 19.3. The number of para-hydroxylation sites is 1. The highest BCUT2D eigenvalue weighted by molar-refractivity contribution is 6.35. The van der Waals surface area contributed by atoms with E-state index in [1.54, 1.807) is 0 Å². The fourth-order valence-electron chi connectivity index (χ4n) is 2.56. The van der Waals surface area contributed by atoms with Gasteiger partial charge in [-0.2, -0.15) is 0 Å². The second-order valence-corrected chi connectivity index (χ2v) is 5.89. The van der Waals surface area contributed by atoms with Crippen molar-refractivity contribution in [2.45, 2.75) is 19.0 Å². The molecule has 1 aliphatic heterocycles. The first-order valence-electron chi connectivity index (χ1n) is 6.68. The molecule has 2 unspecified atom stereocenters. The predicted molar refractivity (Wildman–Crippen MR) is 82.6 cm³/mol. The van der Waals surface area contributed by atoms with Gasteiger partial charge in [0.2, 0.25) is 0 Å². The standard InChI is InChI=1S/C16H14Cl2FNO/c1-9(11-6-14(19)13(18)7-12(11)17)20-15-8-21-16-5-3-2-4-10(15)16/h2-7,9,15,20H,8H2,1H3. The van der Waals surface area contributed by atoms with Gasteiger partial charge in [0.1, 0.15) is 18.2 Å². The van der Waals surface area contributed by atoms with Crippen LogP contribution in [0.4, 0.5) is 4.39 Å². The number of fused-ring (bicyclic) bond motifs is 1. The maximum Gasteiger partial charge on any atom is 0.142 e. The largest absolute Gasteiger partial charge is 0.491 e. The van der Waals surface area contributed by atoms with E-state index in [4.69, 9.17) is 27.9 Å². The quantitative estimate of drug-likeness (QED) is 0.809. The molecule has 3 rings (SSSR count). The molecular weight excluding hydrogens is 312 g/mol. The van der Waals surface area contributed by atoms with Gasteiger partial charge in [-0.3, -0.25) is 0 Å². The number of halogens is 3. The molecular formula is C16H14Cl2FNO. The van der Waals surface area contributed by atoms with Crippen molar-refractivity contribution in [3.63, 3.8) is 0 Å². The van der Waals surface area contributed by atoms with Crippen LogP contribution in [0.1, 0.15) is 30.1 Å². The van der Waals surface area contributed by atoms with Gasteiger partial charge in [-0.05, 0) is 30.7 Å². The smallest absolute Gasteiger partial charge is 0.142 e. The lowest BCUT2D eigenvalue weighted by Gasteiger charge is -2.20. The molecule has 0 bridgehead atoms. The van der Waals surface area contributed by atoms with E-state index in [1.165, 1.54) is 12.1 Å². The summed E-state index contributed by atoms with van der Waals surface area (Å²) >= 11 is 11.9. The van der Waals surface area contributed by atoms with Crippen LogP contribution in [0, 0.1) is 5.82 Å². The minimum atomic E-state index is -0.465. The van der Waals surface area contributed by atoms with Gasteiger partial charge in [-0.1, -0.05) is 41.4 Å². The second kappa shape index (κ2) is 5.84. The van der Waals surface area contributed by atoms with E-state index < -0.39 is 5.82 Å². The Morgan fingerprint density at radius 1 is 1.24 bits per heavy atom. The normalized spacial score (nSPS) is 18.2. The Balaban J connectivity index is 1.82. The lowest BCUT2D eigenvalue weighted by atomic mass is 10.0. The Bertz CT molecular complexity index is 677. The average Bonchev–Trinajstić information content (AvgIpc) is 2.86. The molecule has 0 fully saturated rings. The Morgan fingerprint density at radius 2 is 2.00 bits per heavy atom. The van der Waals surface area contributed by atoms with Crippen LogP contribution < -0.4 is 10.1 Å². The van der Waals surface area contributed by atoms with Crippen molar-refractivity contribution in [1.29, 1.82) is 0 Å². The Labute approximate surface area is 132 Å². The van der Waals surface area contributed by atoms with Gasteiger partial charge in [0.15, 0.2) is 0 Å². The predicted octanol–water partition coefficient (Wildman–Crippen LogP) is 4.92. The van der Waals surface area contributed by atoms with E-state index in [0.29, 0.717) is 17.2 Å². The molecule has 2 atom stereocenters. The number of hydrogen-bond donors (Lipinski definition) is 1. The van der Waals surface area contributed by atoms with Crippen LogP contribution in [0.15, 0.2) is 36.4 Å². The number of ether oxygens (including phenoxy) is 1. The number of benzene rings is 2. The van der Waals surface area contributed by atoms with E-state index in [9.17, 15) is 4.39 Å². The minimum absolute atomic E-state index is 0.0329. The molecule has 110 valence electrons. The molecule has 1 N–H and O–H groups in total. The summed E-state index contributed by atoms with van der Waals surface area (Å²) in [5, 5.41) is 3.90. The van der Waals surface area contributed by atoms with Gasteiger partial charge in [0.05, 0.1) is 11.1 Å². The van der Waals surface area contributed by atoms with Crippen molar-refractivity contribution in [3.8, 4) is 5.75 Å². The zero-order chi connectivity index (χ0) is 15.0. The molecule has 1 heterocycles. The average molecular weight is 326 g/mol. The van der Waals surface area contributed by atoms with Crippen LogP contribution in [-0.2, 0) is 0 Å². The van der Waals surface area contributed by atoms with Crippen LogP contribution >= 0.6 is 23.2 Å². The first-order chi connectivity index (χ1) is 10.1. The van der Waals surface area contributed by atoms with Gasteiger partial charge in [-0.25, -0.2) is 4.39 Å². The second-order valence-electron chi connectivity index (χ2n) is 5.08. The van der Waals surface area contributed by atoms with Gasteiger partial charge in [-0.15, -0.1) is 0 Å². The lowest BCUT2D eigenvalue weighted by Crippen LogP contribution is -2.26. The van der Waals surface area contributed by atoms with Crippen molar-refractivity contribution >= 4 is 23.2 Å². The molecule has 0 aliphatic carbocycles. The summed E-state index contributed by atoms with van der Waals surface area (Å²) in [5.74, 6) is 0.420. The summed E-state index contributed by atoms with van der Waals surface area (Å²) in [6.07, 6.45) is 0. The fourth-order valence-corrected chi connectivity index (χ4v) is 3.11. The molecule has 2 aromatic carbocycles. The summed E-state index contributed by atoms with van der Waals surface area (Å²) in [6, 6.07) is 10.6. The van der Waals surface area contributed by atoms with Gasteiger partial charge < -0.3 is 10.1 Å². The Kier molecular flexibility index (Phi) is 4.07. The third kappa shape index (κ3) is 2.86.